The molecule has 142 valence electrons. The molecule has 0 spiro atoms. The number of methoxy groups -OCH3 is 1. The van der Waals surface area contributed by atoms with E-state index >= 15 is 0 Å². The summed E-state index contributed by atoms with van der Waals surface area (Å²) in [5.74, 6) is 2.00. The van der Waals surface area contributed by atoms with Gasteiger partial charge in [0.05, 0.1) is 12.8 Å². The van der Waals surface area contributed by atoms with Crippen molar-refractivity contribution in [2.24, 2.45) is 5.92 Å². The average molecular weight is 366 g/mol. The van der Waals surface area contributed by atoms with E-state index in [9.17, 15) is 0 Å². The lowest BCUT2D eigenvalue weighted by Gasteiger charge is -2.24. The first-order valence-corrected chi connectivity index (χ1v) is 9.51. The van der Waals surface area contributed by atoms with E-state index in [-0.39, 0.29) is 6.04 Å². The zero-order valence-electron chi connectivity index (χ0n) is 16.4. The van der Waals surface area contributed by atoms with Crippen molar-refractivity contribution in [1.82, 2.24) is 19.9 Å². The standard InChI is InChI=1S/C21H26N4O2/c1-13-9-17(11-20(22-13)26-4)10-16-7-8-25(12-16)14(2)18-5-6-19-21(24-18)23-15(3)27-19/h5-6,9,11,14,16H,7-8,10,12H2,1-4H3/t14?,16-/m0/s1. The van der Waals surface area contributed by atoms with Crippen molar-refractivity contribution < 1.29 is 9.15 Å². The Morgan fingerprint density at radius 3 is 2.89 bits per heavy atom. The number of rotatable bonds is 5. The van der Waals surface area contributed by atoms with E-state index in [1.165, 1.54) is 12.0 Å². The number of hydrogen-bond acceptors (Lipinski definition) is 6. The average Bonchev–Trinajstić information content (AvgIpc) is 3.25. The van der Waals surface area contributed by atoms with Crippen molar-refractivity contribution in [3.05, 3.63) is 47.1 Å². The van der Waals surface area contributed by atoms with Crippen molar-refractivity contribution >= 4 is 11.2 Å². The van der Waals surface area contributed by atoms with Crippen LogP contribution < -0.4 is 4.74 Å². The summed E-state index contributed by atoms with van der Waals surface area (Å²) in [7, 11) is 1.67. The molecular formula is C21H26N4O2. The number of pyridine rings is 2. The minimum absolute atomic E-state index is 0.269. The minimum Gasteiger partial charge on any atom is -0.481 e. The molecule has 1 aliphatic heterocycles. The molecular weight excluding hydrogens is 340 g/mol. The van der Waals surface area contributed by atoms with Crippen LogP contribution in [0.3, 0.4) is 0 Å². The SMILES string of the molecule is COc1cc(C[C@@H]2CCN(C(C)c3ccc4oc(C)nc4n3)C2)cc(C)n1. The summed E-state index contributed by atoms with van der Waals surface area (Å²) < 4.78 is 10.8. The Balaban J connectivity index is 1.44. The van der Waals surface area contributed by atoms with E-state index in [1.54, 1.807) is 7.11 Å². The van der Waals surface area contributed by atoms with Crippen molar-refractivity contribution in [3.8, 4) is 5.88 Å². The highest BCUT2D eigenvalue weighted by Crippen LogP contribution is 2.30. The third-order valence-corrected chi connectivity index (χ3v) is 5.40. The van der Waals surface area contributed by atoms with Gasteiger partial charge in [0, 0.05) is 31.3 Å². The number of fused-ring (bicyclic) bond motifs is 1. The first kappa shape index (κ1) is 17.9. The van der Waals surface area contributed by atoms with Gasteiger partial charge in [-0.1, -0.05) is 0 Å². The number of hydrogen-bond donors (Lipinski definition) is 0. The Morgan fingerprint density at radius 2 is 2.07 bits per heavy atom. The van der Waals surface area contributed by atoms with Gasteiger partial charge < -0.3 is 9.15 Å². The van der Waals surface area contributed by atoms with Crippen LogP contribution in [0, 0.1) is 19.8 Å². The number of ether oxygens (including phenoxy) is 1. The maximum atomic E-state index is 5.54. The molecule has 0 aliphatic carbocycles. The van der Waals surface area contributed by atoms with Crippen molar-refractivity contribution in [2.75, 3.05) is 20.2 Å². The molecule has 6 heteroatoms. The maximum absolute atomic E-state index is 5.54. The smallest absolute Gasteiger partial charge is 0.213 e. The van der Waals surface area contributed by atoms with Gasteiger partial charge in [0.2, 0.25) is 5.88 Å². The highest BCUT2D eigenvalue weighted by Gasteiger charge is 2.28. The molecule has 0 radical (unpaired) electrons. The summed E-state index contributed by atoms with van der Waals surface area (Å²) in [6, 6.07) is 8.53. The normalized spacial score (nSPS) is 18.9. The summed E-state index contributed by atoms with van der Waals surface area (Å²) >= 11 is 0. The molecule has 1 unspecified atom stereocenters. The fourth-order valence-electron chi connectivity index (χ4n) is 4.00. The Kier molecular flexibility index (Phi) is 4.83. The second kappa shape index (κ2) is 7.27. The zero-order valence-corrected chi connectivity index (χ0v) is 16.4. The second-order valence-electron chi connectivity index (χ2n) is 7.48. The molecule has 0 aromatic carbocycles. The van der Waals surface area contributed by atoms with Gasteiger partial charge in [0.1, 0.15) is 0 Å². The van der Waals surface area contributed by atoms with E-state index in [1.807, 2.05) is 19.9 Å². The van der Waals surface area contributed by atoms with Crippen LogP contribution in [0.1, 0.15) is 42.2 Å². The molecule has 27 heavy (non-hydrogen) atoms. The van der Waals surface area contributed by atoms with Crippen molar-refractivity contribution in [1.29, 1.82) is 0 Å². The van der Waals surface area contributed by atoms with Crippen LogP contribution in [-0.2, 0) is 6.42 Å². The fourth-order valence-corrected chi connectivity index (χ4v) is 4.00. The van der Waals surface area contributed by atoms with Gasteiger partial charge in [0.25, 0.3) is 0 Å². The van der Waals surface area contributed by atoms with Crippen molar-refractivity contribution in [3.63, 3.8) is 0 Å². The first-order chi connectivity index (χ1) is 13.0. The predicted molar refractivity (Wildman–Crippen MR) is 104 cm³/mol. The van der Waals surface area contributed by atoms with Crippen LogP contribution in [0.25, 0.3) is 11.2 Å². The van der Waals surface area contributed by atoms with Gasteiger partial charge in [0.15, 0.2) is 17.1 Å². The Hall–Kier alpha value is -2.47. The minimum atomic E-state index is 0.269. The lowest BCUT2D eigenvalue weighted by molar-refractivity contribution is 0.248. The van der Waals surface area contributed by atoms with Gasteiger partial charge >= 0.3 is 0 Å². The Morgan fingerprint density at radius 1 is 1.22 bits per heavy atom. The number of aromatic nitrogens is 3. The highest BCUT2D eigenvalue weighted by molar-refractivity contribution is 5.67. The van der Waals surface area contributed by atoms with E-state index in [0.717, 1.165) is 36.5 Å². The summed E-state index contributed by atoms with van der Waals surface area (Å²) in [6.45, 7) is 8.25. The molecule has 4 heterocycles. The molecule has 0 bridgehead atoms. The van der Waals surface area contributed by atoms with Crippen LogP contribution >= 0.6 is 0 Å². The molecule has 2 atom stereocenters. The van der Waals surface area contributed by atoms with E-state index in [4.69, 9.17) is 14.1 Å². The quantitative estimate of drug-likeness (QED) is 0.683. The molecule has 1 fully saturated rings. The van der Waals surface area contributed by atoms with Crippen LogP contribution in [0.4, 0.5) is 0 Å². The molecule has 4 rings (SSSR count). The molecule has 0 amide bonds. The molecule has 0 saturated carbocycles. The van der Waals surface area contributed by atoms with E-state index in [0.29, 0.717) is 23.3 Å². The van der Waals surface area contributed by atoms with Crippen LogP contribution in [0.2, 0.25) is 0 Å². The number of likely N-dealkylation sites (tertiary alicyclic amines) is 1. The lowest BCUT2D eigenvalue weighted by Crippen LogP contribution is -2.25. The monoisotopic (exact) mass is 366 g/mol. The van der Waals surface area contributed by atoms with Gasteiger partial charge in [-0.15, -0.1) is 0 Å². The van der Waals surface area contributed by atoms with E-state index in [2.05, 4.69) is 40.0 Å². The summed E-state index contributed by atoms with van der Waals surface area (Å²) in [6.07, 6.45) is 2.25. The van der Waals surface area contributed by atoms with Gasteiger partial charge in [-0.2, -0.15) is 4.98 Å². The summed E-state index contributed by atoms with van der Waals surface area (Å²) in [5, 5.41) is 0. The molecule has 3 aromatic heterocycles. The third kappa shape index (κ3) is 3.81. The van der Waals surface area contributed by atoms with Gasteiger partial charge in [-0.05, 0) is 62.9 Å². The Labute approximate surface area is 159 Å². The maximum Gasteiger partial charge on any atom is 0.213 e. The van der Waals surface area contributed by atoms with Gasteiger partial charge in [-0.3, -0.25) is 4.90 Å². The third-order valence-electron chi connectivity index (χ3n) is 5.40. The molecule has 1 saturated heterocycles. The number of oxazole rings is 1. The van der Waals surface area contributed by atoms with E-state index < -0.39 is 0 Å². The second-order valence-corrected chi connectivity index (χ2v) is 7.48. The lowest BCUT2D eigenvalue weighted by atomic mass is 9.99. The van der Waals surface area contributed by atoms with Crippen LogP contribution in [0.15, 0.2) is 28.7 Å². The Bertz CT molecular complexity index is 953. The van der Waals surface area contributed by atoms with Crippen molar-refractivity contribution in [2.45, 2.75) is 39.7 Å². The highest BCUT2D eigenvalue weighted by atomic mass is 16.5. The fraction of sp³-hybridized carbons (Fsp3) is 0.476. The van der Waals surface area contributed by atoms with Crippen LogP contribution in [-0.4, -0.2) is 40.1 Å². The van der Waals surface area contributed by atoms with Gasteiger partial charge in [-0.25, -0.2) is 9.97 Å². The summed E-state index contributed by atoms with van der Waals surface area (Å²) in [4.78, 5) is 16.0. The largest absolute Gasteiger partial charge is 0.481 e. The number of aryl methyl sites for hydroxylation is 2. The molecule has 1 aliphatic rings. The molecule has 3 aromatic rings. The molecule has 6 nitrogen and oxygen atoms in total. The van der Waals surface area contributed by atoms with Crippen LogP contribution in [0.5, 0.6) is 5.88 Å². The molecule has 0 N–H and O–H groups in total. The zero-order chi connectivity index (χ0) is 19.0. The summed E-state index contributed by atoms with van der Waals surface area (Å²) in [5.41, 5.74) is 4.82. The topological polar surface area (TPSA) is 64.3 Å². The predicted octanol–water partition coefficient (Wildman–Crippen LogP) is 3.87. The first-order valence-electron chi connectivity index (χ1n) is 9.51. The number of nitrogens with zero attached hydrogens (tertiary/aromatic N) is 4.